The number of nitrogens with zero attached hydrogens (tertiary/aromatic N) is 2. The summed E-state index contributed by atoms with van der Waals surface area (Å²) in [5.74, 6) is -0.654. The van der Waals surface area contributed by atoms with Crippen LogP contribution in [0, 0.1) is 5.82 Å². The van der Waals surface area contributed by atoms with Crippen LogP contribution in [-0.2, 0) is 4.79 Å². The molecule has 28 heavy (non-hydrogen) atoms. The number of Topliss-reactive ketones (excluding diaryl/α,β-unsaturated/α-hetero) is 1. The Labute approximate surface area is 172 Å². The highest BCUT2D eigenvalue weighted by Gasteiger charge is 2.27. The zero-order valence-corrected chi connectivity index (χ0v) is 17.3. The fourth-order valence-electron chi connectivity index (χ4n) is 4.15. The molecular weight excluding hydrogens is 383 g/mol. The Hall–Kier alpha value is -1.66. The molecular formula is C21H30ClFN2O3. The summed E-state index contributed by atoms with van der Waals surface area (Å²) in [5, 5.41) is 0. The number of amides is 1. The Balaban J connectivity index is 0.00000280. The van der Waals surface area contributed by atoms with E-state index >= 15 is 0 Å². The van der Waals surface area contributed by atoms with Crippen molar-refractivity contribution in [3.8, 4) is 5.75 Å². The van der Waals surface area contributed by atoms with E-state index in [9.17, 15) is 14.0 Å². The third-order valence-corrected chi connectivity index (χ3v) is 5.80. The third-order valence-electron chi connectivity index (χ3n) is 5.80. The average molecular weight is 413 g/mol. The molecule has 1 saturated carbocycles. The van der Waals surface area contributed by atoms with Gasteiger partial charge in [0.15, 0.2) is 17.3 Å². The number of carbonyl (C=O) groups excluding carboxylic acids is 2. The van der Waals surface area contributed by atoms with Crippen molar-refractivity contribution in [2.45, 2.75) is 51.0 Å². The molecule has 7 heteroatoms. The largest absolute Gasteiger partial charge is 0.494 e. The highest BCUT2D eigenvalue weighted by Crippen LogP contribution is 2.24. The maximum atomic E-state index is 13.7. The predicted molar refractivity (Wildman–Crippen MR) is 109 cm³/mol. The van der Waals surface area contributed by atoms with E-state index in [0.717, 1.165) is 26.2 Å². The molecule has 1 aromatic rings. The van der Waals surface area contributed by atoms with E-state index in [0.29, 0.717) is 6.04 Å². The summed E-state index contributed by atoms with van der Waals surface area (Å²) in [7, 11) is 1.38. The van der Waals surface area contributed by atoms with Gasteiger partial charge in [0.2, 0.25) is 5.91 Å². The molecule has 0 radical (unpaired) electrons. The number of halogens is 2. The molecule has 3 rings (SSSR count). The van der Waals surface area contributed by atoms with E-state index in [1.165, 1.54) is 57.4 Å². The highest BCUT2D eigenvalue weighted by atomic mass is 35.5. The van der Waals surface area contributed by atoms with E-state index in [2.05, 4.69) is 4.90 Å². The van der Waals surface area contributed by atoms with Crippen LogP contribution in [0.25, 0.3) is 0 Å². The van der Waals surface area contributed by atoms with Crippen LogP contribution < -0.4 is 4.74 Å². The maximum Gasteiger partial charge on any atom is 0.223 e. The van der Waals surface area contributed by atoms with Crippen molar-refractivity contribution in [3.05, 3.63) is 29.6 Å². The number of piperazine rings is 1. The predicted octanol–water partition coefficient (Wildman–Crippen LogP) is 3.70. The molecule has 156 valence electrons. The first-order chi connectivity index (χ1) is 13.1. The SMILES string of the molecule is COc1ccc(C(=O)CCC(=O)N2CCN(C3CCCCC3)CC2)cc1F.Cl. The van der Waals surface area contributed by atoms with Gasteiger partial charge in [-0.1, -0.05) is 19.3 Å². The molecule has 1 aliphatic heterocycles. The minimum atomic E-state index is -0.562. The van der Waals surface area contributed by atoms with Crippen molar-refractivity contribution in [1.29, 1.82) is 0 Å². The van der Waals surface area contributed by atoms with Crippen molar-refractivity contribution >= 4 is 24.1 Å². The smallest absolute Gasteiger partial charge is 0.223 e. The maximum absolute atomic E-state index is 13.7. The van der Waals surface area contributed by atoms with Gasteiger partial charge in [0, 0.05) is 50.6 Å². The van der Waals surface area contributed by atoms with Gasteiger partial charge in [0.05, 0.1) is 7.11 Å². The van der Waals surface area contributed by atoms with E-state index in [1.54, 1.807) is 0 Å². The highest BCUT2D eigenvalue weighted by molar-refractivity contribution is 5.98. The van der Waals surface area contributed by atoms with E-state index in [1.807, 2.05) is 4.90 Å². The second-order valence-electron chi connectivity index (χ2n) is 7.48. The second kappa shape index (κ2) is 10.8. The van der Waals surface area contributed by atoms with Crippen LogP contribution in [0.3, 0.4) is 0 Å². The fourth-order valence-corrected chi connectivity index (χ4v) is 4.15. The molecule has 1 amide bonds. The zero-order chi connectivity index (χ0) is 19.2. The molecule has 5 nitrogen and oxygen atoms in total. The first-order valence-corrected chi connectivity index (χ1v) is 9.97. The Kier molecular flexibility index (Phi) is 8.70. The van der Waals surface area contributed by atoms with E-state index in [4.69, 9.17) is 4.74 Å². The van der Waals surface area contributed by atoms with Crippen molar-refractivity contribution in [2.75, 3.05) is 33.3 Å². The van der Waals surface area contributed by atoms with Gasteiger partial charge in [-0.2, -0.15) is 0 Å². The number of benzene rings is 1. The number of hydrogen-bond donors (Lipinski definition) is 0. The lowest BCUT2D eigenvalue weighted by atomic mass is 9.94. The minimum absolute atomic E-state index is 0. The molecule has 0 spiro atoms. The summed E-state index contributed by atoms with van der Waals surface area (Å²) < 4.78 is 18.6. The topological polar surface area (TPSA) is 49.9 Å². The normalized spacial score (nSPS) is 18.4. The fraction of sp³-hybridized carbons (Fsp3) is 0.619. The first kappa shape index (κ1) is 22.6. The van der Waals surface area contributed by atoms with Gasteiger partial charge >= 0.3 is 0 Å². The van der Waals surface area contributed by atoms with Crippen LogP contribution in [0.2, 0.25) is 0 Å². The summed E-state index contributed by atoms with van der Waals surface area (Å²) in [4.78, 5) is 29.1. The summed E-state index contributed by atoms with van der Waals surface area (Å²) in [6.07, 6.45) is 6.82. The minimum Gasteiger partial charge on any atom is -0.494 e. The molecule has 1 aromatic carbocycles. The van der Waals surface area contributed by atoms with Crippen LogP contribution in [0.15, 0.2) is 18.2 Å². The third kappa shape index (κ3) is 5.67. The molecule has 2 fully saturated rings. The van der Waals surface area contributed by atoms with Gasteiger partial charge in [0.25, 0.3) is 0 Å². The number of hydrogen-bond acceptors (Lipinski definition) is 4. The summed E-state index contributed by atoms with van der Waals surface area (Å²) in [5.41, 5.74) is 0.281. The molecule has 0 unspecified atom stereocenters. The van der Waals surface area contributed by atoms with E-state index in [-0.39, 0.29) is 48.3 Å². The summed E-state index contributed by atoms with van der Waals surface area (Å²) >= 11 is 0. The Morgan fingerprint density at radius 1 is 1.07 bits per heavy atom. The van der Waals surface area contributed by atoms with Gasteiger partial charge in [-0.05, 0) is 31.0 Å². The van der Waals surface area contributed by atoms with Crippen LogP contribution in [0.5, 0.6) is 5.75 Å². The zero-order valence-electron chi connectivity index (χ0n) is 16.5. The number of carbonyl (C=O) groups is 2. The van der Waals surface area contributed by atoms with Crippen molar-refractivity contribution in [3.63, 3.8) is 0 Å². The Morgan fingerprint density at radius 2 is 1.75 bits per heavy atom. The van der Waals surface area contributed by atoms with Crippen molar-refractivity contribution < 1.29 is 18.7 Å². The van der Waals surface area contributed by atoms with Gasteiger partial charge in [-0.3, -0.25) is 14.5 Å². The molecule has 0 aromatic heterocycles. The van der Waals surface area contributed by atoms with Gasteiger partial charge < -0.3 is 9.64 Å². The molecule has 1 saturated heterocycles. The monoisotopic (exact) mass is 412 g/mol. The van der Waals surface area contributed by atoms with Crippen molar-refractivity contribution in [1.82, 2.24) is 9.80 Å². The molecule has 0 N–H and O–H groups in total. The quantitative estimate of drug-likeness (QED) is 0.668. The lowest BCUT2D eigenvalue weighted by Crippen LogP contribution is -2.52. The molecule has 0 atom stereocenters. The number of rotatable bonds is 6. The van der Waals surface area contributed by atoms with E-state index < -0.39 is 5.82 Å². The number of methoxy groups -OCH3 is 1. The molecule has 1 heterocycles. The van der Waals surface area contributed by atoms with Gasteiger partial charge in [-0.15, -0.1) is 12.4 Å². The van der Waals surface area contributed by atoms with Gasteiger partial charge in [-0.25, -0.2) is 4.39 Å². The second-order valence-corrected chi connectivity index (χ2v) is 7.48. The standard InChI is InChI=1S/C21H29FN2O3.ClH/c1-27-20-9-7-16(15-18(20)22)19(25)8-10-21(26)24-13-11-23(12-14-24)17-5-3-2-4-6-17;/h7,9,15,17H,2-6,8,10-14H2,1H3;1H. The van der Waals surface area contributed by atoms with Gasteiger partial charge in [0.1, 0.15) is 0 Å². The van der Waals surface area contributed by atoms with Crippen LogP contribution >= 0.6 is 12.4 Å². The average Bonchev–Trinajstić information content (AvgIpc) is 2.72. The lowest BCUT2D eigenvalue weighted by Gasteiger charge is -2.40. The van der Waals surface area contributed by atoms with Crippen molar-refractivity contribution in [2.24, 2.45) is 0 Å². The Bertz CT molecular complexity index is 672. The molecule has 0 bridgehead atoms. The number of ketones is 1. The summed E-state index contributed by atoms with van der Waals surface area (Å²) in [6.45, 7) is 3.32. The Morgan fingerprint density at radius 3 is 2.36 bits per heavy atom. The molecule has 2 aliphatic rings. The molecule has 1 aliphatic carbocycles. The lowest BCUT2D eigenvalue weighted by molar-refractivity contribution is -0.133. The summed E-state index contributed by atoms with van der Waals surface area (Å²) in [6, 6.07) is 4.84. The first-order valence-electron chi connectivity index (χ1n) is 9.97. The van der Waals surface area contributed by atoms with Crippen LogP contribution in [0.4, 0.5) is 4.39 Å². The number of ether oxygens (including phenoxy) is 1. The van der Waals surface area contributed by atoms with Crippen LogP contribution in [-0.4, -0.2) is 60.8 Å². The van der Waals surface area contributed by atoms with Crippen LogP contribution in [0.1, 0.15) is 55.3 Å².